The number of alkyl halides is 3. The van der Waals surface area contributed by atoms with Crippen molar-refractivity contribution in [1.82, 2.24) is 0 Å². The third-order valence-corrected chi connectivity index (χ3v) is 10.9. The van der Waals surface area contributed by atoms with Gasteiger partial charge in [0.1, 0.15) is 5.76 Å². The van der Waals surface area contributed by atoms with Gasteiger partial charge in [0.15, 0.2) is 13.9 Å². The van der Waals surface area contributed by atoms with Crippen molar-refractivity contribution in [2.24, 2.45) is 0 Å². The molecule has 0 amide bonds. The summed E-state index contributed by atoms with van der Waals surface area (Å²) in [5, 5.41) is 10.0. The molecule has 1 N–H and O–H groups in total. The predicted molar refractivity (Wildman–Crippen MR) is 122 cm³/mol. The number of rotatable bonds is 9. The van der Waals surface area contributed by atoms with Gasteiger partial charge in [0, 0.05) is 26.1 Å². The van der Waals surface area contributed by atoms with Gasteiger partial charge in [-0.1, -0.05) is 57.2 Å². The summed E-state index contributed by atoms with van der Waals surface area (Å²) in [6, 6.07) is 8.43. The van der Waals surface area contributed by atoms with E-state index in [0.717, 1.165) is 0 Å². The molecular formula is C24H35F3O4Si. The molecule has 2 rings (SSSR count). The number of allylic oxidation sites excluding steroid dienone is 2. The van der Waals surface area contributed by atoms with E-state index in [2.05, 4.69) is 33.9 Å². The van der Waals surface area contributed by atoms with Crippen molar-refractivity contribution >= 4 is 8.32 Å². The van der Waals surface area contributed by atoms with Crippen molar-refractivity contribution < 1.29 is 32.2 Å². The van der Waals surface area contributed by atoms with E-state index in [4.69, 9.17) is 13.9 Å². The Hall–Kier alpha value is -1.61. The third-order valence-electron chi connectivity index (χ3n) is 6.37. The lowest BCUT2D eigenvalue weighted by Gasteiger charge is -2.38. The molecule has 2 unspecified atom stereocenters. The lowest BCUT2D eigenvalue weighted by Crippen LogP contribution is -2.43. The molecule has 0 saturated carbocycles. The highest BCUT2D eigenvalue weighted by molar-refractivity contribution is 6.74. The van der Waals surface area contributed by atoms with Gasteiger partial charge >= 0.3 is 6.18 Å². The summed E-state index contributed by atoms with van der Waals surface area (Å²) in [6.07, 6.45) is -1.37. The minimum absolute atomic E-state index is 0.0179. The van der Waals surface area contributed by atoms with Crippen LogP contribution in [0.25, 0.3) is 0 Å². The second-order valence-electron chi connectivity index (χ2n) is 9.55. The molecule has 0 heterocycles. The molecule has 0 fully saturated rings. The van der Waals surface area contributed by atoms with Crippen molar-refractivity contribution in [3.8, 4) is 0 Å². The molecule has 4 nitrogen and oxygen atoms in total. The minimum atomic E-state index is -4.67. The van der Waals surface area contributed by atoms with Crippen molar-refractivity contribution in [1.29, 1.82) is 0 Å². The van der Waals surface area contributed by atoms with E-state index in [-0.39, 0.29) is 11.6 Å². The normalized spacial score (nSPS) is 22.4. The molecule has 0 aromatic heterocycles. The maximum Gasteiger partial charge on any atom is 0.416 e. The average Bonchev–Trinajstić information content (AvgIpc) is 2.72. The molecule has 1 aliphatic rings. The van der Waals surface area contributed by atoms with Gasteiger partial charge in [-0.05, 0) is 29.8 Å². The fraction of sp³-hybridized carbons (Fsp3) is 0.583. The predicted octanol–water partition coefficient (Wildman–Crippen LogP) is 5.96. The summed E-state index contributed by atoms with van der Waals surface area (Å²) in [5.74, 6) is -1.44. The Morgan fingerprint density at radius 3 is 2.19 bits per heavy atom. The van der Waals surface area contributed by atoms with E-state index >= 15 is 0 Å². The third kappa shape index (κ3) is 5.84. The van der Waals surface area contributed by atoms with Crippen LogP contribution in [0, 0.1) is 0 Å². The summed E-state index contributed by atoms with van der Waals surface area (Å²) >= 11 is 0. The van der Waals surface area contributed by atoms with Crippen LogP contribution in [-0.2, 0) is 13.9 Å². The number of aliphatic hydroxyl groups excluding tert-OH is 1. The van der Waals surface area contributed by atoms with Crippen molar-refractivity contribution in [3.63, 3.8) is 0 Å². The standard InChI is InChI=1S/C24H35F3O4Si/c1-22(2,3)32(5,6)31-16-10-15-30-21-20(24(25,26)27)19(18-11-8-7-9-12-18)13-14-23(21,17-28)29-4/h7-9,11-14,19,28H,10,15-17H2,1-6H3. The van der Waals surface area contributed by atoms with Gasteiger partial charge in [0.25, 0.3) is 0 Å². The maximum absolute atomic E-state index is 14.3. The molecule has 2 atom stereocenters. The zero-order chi connectivity index (χ0) is 24.2. The smallest absolute Gasteiger partial charge is 0.416 e. The minimum Gasteiger partial charge on any atom is -0.494 e. The molecule has 0 bridgehead atoms. The first-order chi connectivity index (χ1) is 14.8. The van der Waals surface area contributed by atoms with Crippen LogP contribution in [0.1, 0.15) is 38.7 Å². The van der Waals surface area contributed by atoms with Crippen LogP contribution in [0.4, 0.5) is 13.2 Å². The van der Waals surface area contributed by atoms with Gasteiger partial charge in [0.2, 0.25) is 0 Å². The number of methoxy groups -OCH3 is 1. The molecule has 8 heteroatoms. The van der Waals surface area contributed by atoms with Crippen LogP contribution in [0.3, 0.4) is 0 Å². The molecule has 0 spiro atoms. The summed E-state index contributed by atoms with van der Waals surface area (Å²) in [6.45, 7) is 10.4. The van der Waals surface area contributed by atoms with Gasteiger partial charge in [0.05, 0.1) is 18.8 Å². The first-order valence-corrected chi connectivity index (χ1v) is 13.7. The Balaban J connectivity index is 2.31. The van der Waals surface area contributed by atoms with Gasteiger partial charge < -0.3 is 19.0 Å². The Morgan fingerprint density at radius 2 is 1.69 bits per heavy atom. The van der Waals surface area contributed by atoms with Crippen LogP contribution in [-0.4, -0.2) is 52.1 Å². The fourth-order valence-electron chi connectivity index (χ4n) is 3.36. The van der Waals surface area contributed by atoms with Crippen molar-refractivity contribution in [2.45, 2.75) is 63.0 Å². The molecule has 1 aromatic rings. The summed E-state index contributed by atoms with van der Waals surface area (Å²) in [7, 11) is -0.693. The van der Waals surface area contributed by atoms with Crippen LogP contribution in [0.2, 0.25) is 18.1 Å². The van der Waals surface area contributed by atoms with Gasteiger partial charge in [-0.15, -0.1) is 0 Å². The SMILES string of the molecule is COC1(CO)C=CC(c2ccccc2)C(C(F)(F)F)=C1OCCCO[Si](C)(C)C(C)(C)C. The molecule has 32 heavy (non-hydrogen) atoms. The quantitative estimate of drug-likeness (QED) is 0.274. The Kier molecular flexibility index (Phi) is 8.42. The first kappa shape index (κ1) is 26.6. The largest absolute Gasteiger partial charge is 0.494 e. The Bertz CT molecular complexity index is 807. The summed E-state index contributed by atoms with van der Waals surface area (Å²) < 4.78 is 60.0. The highest BCUT2D eigenvalue weighted by atomic mass is 28.4. The van der Waals surface area contributed by atoms with E-state index < -0.39 is 44.0 Å². The number of hydrogen-bond acceptors (Lipinski definition) is 4. The second-order valence-corrected chi connectivity index (χ2v) is 14.4. The lowest BCUT2D eigenvalue weighted by atomic mass is 9.80. The number of ether oxygens (including phenoxy) is 2. The molecular weight excluding hydrogens is 437 g/mol. The number of aliphatic hydroxyl groups is 1. The first-order valence-electron chi connectivity index (χ1n) is 10.8. The number of halogens is 3. The topological polar surface area (TPSA) is 47.9 Å². The second kappa shape index (κ2) is 10.1. The summed E-state index contributed by atoms with van der Waals surface area (Å²) in [5.41, 5.74) is -2.05. The van der Waals surface area contributed by atoms with Gasteiger partial charge in [-0.2, -0.15) is 13.2 Å². The van der Waals surface area contributed by atoms with Crippen molar-refractivity contribution in [3.05, 3.63) is 59.4 Å². The van der Waals surface area contributed by atoms with E-state index in [0.29, 0.717) is 18.6 Å². The zero-order valence-corrected chi connectivity index (χ0v) is 20.8. The number of hydrogen-bond donors (Lipinski definition) is 1. The van der Waals surface area contributed by atoms with Crippen LogP contribution in [0.5, 0.6) is 0 Å². The monoisotopic (exact) mass is 472 g/mol. The Labute approximate surface area is 190 Å². The van der Waals surface area contributed by atoms with E-state index in [1.54, 1.807) is 30.3 Å². The molecule has 180 valence electrons. The molecule has 0 saturated heterocycles. The summed E-state index contributed by atoms with van der Waals surface area (Å²) in [4.78, 5) is 0. The van der Waals surface area contributed by atoms with Crippen LogP contribution >= 0.6 is 0 Å². The lowest BCUT2D eigenvalue weighted by molar-refractivity contribution is -0.108. The molecule has 0 aliphatic heterocycles. The zero-order valence-electron chi connectivity index (χ0n) is 19.8. The van der Waals surface area contributed by atoms with E-state index in [1.807, 2.05) is 0 Å². The van der Waals surface area contributed by atoms with Crippen LogP contribution < -0.4 is 0 Å². The van der Waals surface area contributed by atoms with Gasteiger partial charge in [-0.25, -0.2) is 0 Å². The molecule has 1 aromatic carbocycles. The highest BCUT2D eigenvalue weighted by Crippen LogP contribution is 2.47. The van der Waals surface area contributed by atoms with Gasteiger partial charge in [-0.3, -0.25) is 0 Å². The van der Waals surface area contributed by atoms with E-state index in [1.165, 1.54) is 19.3 Å². The molecule has 1 aliphatic carbocycles. The van der Waals surface area contributed by atoms with Crippen LogP contribution in [0.15, 0.2) is 53.8 Å². The molecule has 0 radical (unpaired) electrons. The highest BCUT2D eigenvalue weighted by Gasteiger charge is 2.50. The van der Waals surface area contributed by atoms with E-state index in [9.17, 15) is 18.3 Å². The fourth-order valence-corrected chi connectivity index (χ4v) is 4.45. The maximum atomic E-state index is 14.3. The van der Waals surface area contributed by atoms with Crippen molar-refractivity contribution in [2.75, 3.05) is 26.9 Å². The number of benzene rings is 1. The average molecular weight is 473 g/mol. The Morgan fingerprint density at radius 1 is 1.06 bits per heavy atom.